The van der Waals surface area contributed by atoms with Gasteiger partial charge in [0, 0.05) is 25.7 Å². The van der Waals surface area contributed by atoms with Gasteiger partial charge < -0.3 is 33.8 Å². The Morgan fingerprint density at radius 2 is 0.567 bits per heavy atom. The Bertz CT molecular complexity index is 1770. The molecule has 0 aromatic carbocycles. The van der Waals surface area contributed by atoms with E-state index in [1.54, 1.807) is 0 Å². The lowest BCUT2D eigenvalue weighted by molar-refractivity contribution is -0.161. The first kappa shape index (κ1) is 88.1. The van der Waals surface area contributed by atoms with Crippen LogP contribution in [0.4, 0.5) is 0 Å². The molecule has 19 heteroatoms. The lowest BCUT2D eigenvalue weighted by atomic mass is 9.99. The van der Waals surface area contributed by atoms with E-state index in [9.17, 15) is 43.2 Å². The average Bonchev–Trinajstić information content (AvgIpc) is 3.72. The summed E-state index contributed by atoms with van der Waals surface area (Å²) in [5.41, 5.74) is 0. The fourth-order valence-electron chi connectivity index (χ4n) is 10.7. The molecule has 0 radical (unpaired) electrons. The van der Waals surface area contributed by atoms with Gasteiger partial charge in [0.15, 0.2) is 12.2 Å². The summed E-state index contributed by atoms with van der Waals surface area (Å²) in [6, 6.07) is 0. The maximum Gasteiger partial charge on any atom is 0.472 e. The van der Waals surface area contributed by atoms with Gasteiger partial charge in [0.25, 0.3) is 0 Å². The molecule has 4 unspecified atom stereocenters. The summed E-state index contributed by atoms with van der Waals surface area (Å²) in [4.78, 5) is 72.5. The molecule has 0 saturated heterocycles. The van der Waals surface area contributed by atoms with Crippen molar-refractivity contribution in [3.05, 3.63) is 0 Å². The third-order valence-corrected chi connectivity index (χ3v) is 19.0. The Kier molecular flexibility index (Phi) is 60.6. The van der Waals surface area contributed by atoms with Crippen LogP contribution in [0.3, 0.4) is 0 Å². The van der Waals surface area contributed by atoms with E-state index in [1.807, 2.05) is 0 Å². The molecule has 0 amide bonds. The van der Waals surface area contributed by atoms with Crippen LogP contribution in [-0.2, 0) is 65.4 Å². The third kappa shape index (κ3) is 62.2. The first-order chi connectivity index (χ1) is 43.3. The van der Waals surface area contributed by atoms with Gasteiger partial charge >= 0.3 is 39.5 Å². The van der Waals surface area contributed by atoms with E-state index in [2.05, 4.69) is 48.5 Å². The van der Waals surface area contributed by atoms with Crippen molar-refractivity contribution in [1.82, 2.24) is 0 Å². The molecule has 0 fully saturated rings. The first-order valence-electron chi connectivity index (χ1n) is 36.9. The lowest BCUT2D eigenvalue weighted by Crippen LogP contribution is -2.30. The number of rotatable bonds is 69. The summed E-state index contributed by atoms with van der Waals surface area (Å²) in [6.07, 6.45) is 45.8. The van der Waals surface area contributed by atoms with Gasteiger partial charge in [0.2, 0.25) is 0 Å². The van der Waals surface area contributed by atoms with Gasteiger partial charge in [0.05, 0.1) is 26.4 Å². The predicted octanol–water partition coefficient (Wildman–Crippen LogP) is 20.2. The standard InChI is InChI=1S/C71H138O17P2/c1-8-11-12-13-14-30-38-45-52-68(73)81-59-67(88-71(76)55-48-41-34-33-37-44-51-64(7)10-3)61-86-90(79,80)84-57-65(72)56-83-89(77,78)85-60-66(58-82-69(74)53-46-39-31-26-23-19-20-24-28-35-42-49-62(4)5)87-70(75)54-47-40-32-27-22-18-16-15-17-21-25-29-36-43-50-63(6)9-2/h62-67,72H,8-61H2,1-7H3,(H,77,78)(H,79,80)/t63?,64?,65-,66-,67-/m1/s1. The fourth-order valence-corrected chi connectivity index (χ4v) is 12.2. The molecule has 0 aliphatic carbocycles. The molecule has 90 heavy (non-hydrogen) atoms. The van der Waals surface area contributed by atoms with E-state index >= 15 is 0 Å². The Hall–Kier alpha value is -1.94. The molecule has 3 N–H and O–H groups in total. The zero-order valence-electron chi connectivity index (χ0n) is 58.6. The molecule has 0 bridgehead atoms. The van der Waals surface area contributed by atoms with Crippen molar-refractivity contribution < 1.29 is 80.2 Å². The molecule has 0 aliphatic rings. The van der Waals surface area contributed by atoms with Crippen LogP contribution in [0.2, 0.25) is 0 Å². The molecule has 0 aliphatic heterocycles. The summed E-state index contributed by atoms with van der Waals surface area (Å²) in [5.74, 6) is 0.208. The fraction of sp³-hybridized carbons (Fsp3) is 0.944. The topological polar surface area (TPSA) is 237 Å². The van der Waals surface area contributed by atoms with Gasteiger partial charge in [-0.3, -0.25) is 37.3 Å². The van der Waals surface area contributed by atoms with Crippen LogP contribution >= 0.6 is 15.6 Å². The number of phosphoric ester groups is 2. The van der Waals surface area contributed by atoms with E-state index < -0.39 is 97.5 Å². The Morgan fingerprint density at radius 3 is 0.844 bits per heavy atom. The number of aliphatic hydroxyl groups excluding tert-OH is 1. The van der Waals surface area contributed by atoms with E-state index in [0.717, 1.165) is 114 Å². The number of unbranched alkanes of at least 4 members (excludes halogenated alkanes) is 35. The van der Waals surface area contributed by atoms with Crippen LogP contribution < -0.4 is 0 Å². The lowest BCUT2D eigenvalue weighted by Gasteiger charge is -2.21. The Labute approximate surface area is 549 Å². The zero-order valence-corrected chi connectivity index (χ0v) is 60.4. The minimum Gasteiger partial charge on any atom is -0.462 e. The van der Waals surface area contributed by atoms with E-state index in [-0.39, 0.29) is 25.7 Å². The highest BCUT2D eigenvalue weighted by molar-refractivity contribution is 7.47. The van der Waals surface area contributed by atoms with Gasteiger partial charge in [-0.15, -0.1) is 0 Å². The van der Waals surface area contributed by atoms with Gasteiger partial charge in [-0.1, -0.05) is 305 Å². The summed E-state index contributed by atoms with van der Waals surface area (Å²) in [5, 5.41) is 10.6. The monoisotopic (exact) mass is 1320 g/mol. The second-order valence-electron chi connectivity index (χ2n) is 26.6. The van der Waals surface area contributed by atoms with Crippen molar-refractivity contribution in [3.63, 3.8) is 0 Å². The number of aliphatic hydroxyl groups is 1. The number of hydrogen-bond donors (Lipinski definition) is 3. The Balaban J connectivity index is 5.22. The molecule has 0 heterocycles. The van der Waals surface area contributed by atoms with Gasteiger partial charge in [-0.05, 0) is 43.4 Å². The van der Waals surface area contributed by atoms with Crippen LogP contribution in [0.5, 0.6) is 0 Å². The molecule has 17 nitrogen and oxygen atoms in total. The minimum absolute atomic E-state index is 0.103. The first-order valence-corrected chi connectivity index (χ1v) is 39.9. The second-order valence-corrected chi connectivity index (χ2v) is 29.5. The summed E-state index contributed by atoms with van der Waals surface area (Å²) >= 11 is 0. The van der Waals surface area contributed by atoms with Gasteiger partial charge in [0.1, 0.15) is 19.3 Å². The molecule has 0 saturated carbocycles. The Morgan fingerprint density at radius 1 is 0.322 bits per heavy atom. The maximum absolute atomic E-state index is 13.0. The van der Waals surface area contributed by atoms with Gasteiger partial charge in [-0.2, -0.15) is 0 Å². The van der Waals surface area contributed by atoms with Crippen LogP contribution in [-0.4, -0.2) is 96.7 Å². The van der Waals surface area contributed by atoms with Crippen molar-refractivity contribution in [3.8, 4) is 0 Å². The molecule has 0 aromatic heterocycles. The number of hydrogen-bond acceptors (Lipinski definition) is 15. The van der Waals surface area contributed by atoms with Crippen molar-refractivity contribution in [2.45, 2.75) is 375 Å². The van der Waals surface area contributed by atoms with E-state index in [0.29, 0.717) is 25.7 Å². The SMILES string of the molecule is CCCCCCCCCCC(=O)OC[C@H](COP(=O)(O)OC[C@H](O)COP(=O)(O)OC[C@@H](COC(=O)CCCCCCCCCCCCCC(C)C)OC(=O)CCCCCCCCCCCCCCCCC(C)CC)OC(=O)CCCCCCCCC(C)CC. The van der Waals surface area contributed by atoms with Crippen LogP contribution in [0.15, 0.2) is 0 Å². The predicted molar refractivity (Wildman–Crippen MR) is 363 cm³/mol. The molecule has 534 valence electrons. The van der Waals surface area contributed by atoms with Crippen molar-refractivity contribution >= 4 is 39.5 Å². The molecular weight excluding hydrogens is 1190 g/mol. The average molecular weight is 1330 g/mol. The van der Waals surface area contributed by atoms with Gasteiger partial charge in [-0.25, -0.2) is 9.13 Å². The smallest absolute Gasteiger partial charge is 0.462 e. The van der Waals surface area contributed by atoms with E-state index in [1.165, 1.54) is 161 Å². The second kappa shape index (κ2) is 61.9. The molecular formula is C71H138O17P2. The molecule has 0 rings (SSSR count). The van der Waals surface area contributed by atoms with Crippen molar-refractivity contribution in [2.24, 2.45) is 17.8 Å². The summed E-state index contributed by atoms with van der Waals surface area (Å²) < 4.78 is 68.2. The highest BCUT2D eigenvalue weighted by Gasteiger charge is 2.30. The minimum atomic E-state index is -4.95. The third-order valence-electron chi connectivity index (χ3n) is 17.1. The highest BCUT2D eigenvalue weighted by Crippen LogP contribution is 2.45. The summed E-state index contributed by atoms with van der Waals surface area (Å²) in [6.45, 7) is 11.8. The normalized spacial score (nSPS) is 14.8. The van der Waals surface area contributed by atoms with Crippen molar-refractivity contribution in [1.29, 1.82) is 0 Å². The number of phosphoric acid groups is 2. The molecule has 0 aromatic rings. The molecule has 0 spiro atoms. The number of carbonyl (C=O) groups is 4. The molecule has 7 atom stereocenters. The quantitative estimate of drug-likeness (QED) is 0.0222. The number of ether oxygens (including phenoxy) is 4. The number of esters is 4. The summed E-state index contributed by atoms with van der Waals surface area (Å²) in [7, 11) is -9.90. The van der Waals surface area contributed by atoms with Crippen molar-refractivity contribution in [2.75, 3.05) is 39.6 Å². The zero-order chi connectivity index (χ0) is 66.6. The van der Waals surface area contributed by atoms with Crippen LogP contribution in [0.25, 0.3) is 0 Å². The highest BCUT2D eigenvalue weighted by atomic mass is 31.2. The van der Waals surface area contributed by atoms with E-state index in [4.69, 9.17) is 37.0 Å². The largest absolute Gasteiger partial charge is 0.472 e. The van der Waals surface area contributed by atoms with Crippen LogP contribution in [0.1, 0.15) is 357 Å². The number of carbonyl (C=O) groups excluding carboxylic acids is 4. The van der Waals surface area contributed by atoms with Crippen LogP contribution in [0, 0.1) is 17.8 Å². The maximum atomic E-state index is 13.0.